The Kier molecular flexibility index (Phi) is 7.52. The fraction of sp³-hybridized carbons (Fsp3) is 0.500. The summed E-state index contributed by atoms with van der Waals surface area (Å²) in [5.41, 5.74) is 0.587. The lowest BCUT2D eigenvalue weighted by molar-refractivity contribution is -0.177. The Labute approximate surface area is 140 Å². The highest BCUT2D eigenvalue weighted by atomic mass is 35.5. The van der Waals surface area contributed by atoms with Gasteiger partial charge in [-0.15, -0.1) is 12.4 Å². The molecule has 1 amide bonds. The van der Waals surface area contributed by atoms with Crippen LogP contribution in [0, 0.1) is 11.7 Å². The van der Waals surface area contributed by atoms with Crippen molar-refractivity contribution >= 4 is 29.9 Å². The second-order valence-corrected chi connectivity index (χ2v) is 5.20. The van der Waals surface area contributed by atoms with Crippen LogP contribution in [0.4, 0.5) is 4.39 Å². The van der Waals surface area contributed by atoms with Gasteiger partial charge in [-0.25, -0.2) is 9.45 Å². The molecule has 0 saturated carbocycles. The zero-order chi connectivity index (χ0) is 15.4. The minimum absolute atomic E-state index is 0. The number of carbonyl (C=O) groups excluding carboxylic acids is 1. The van der Waals surface area contributed by atoms with Crippen LogP contribution in [-0.2, 0) is 14.4 Å². The summed E-state index contributed by atoms with van der Waals surface area (Å²) in [4.78, 5) is 17.3. The van der Waals surface area contributed by atoms with E-state index in [1.165, 1.54) is 26.3 Å². The van der Waals surface area contributed by atoms with Crippen molar-refractivity contribution in [1.29, 1.82) is 0 Å². The number of carbonyl (C=O) groups is 1. The first-order valence-corrected chi connectivity index (χ1v) is 7.01. The summed E-state index contributed by atoms with van der Waals surface area (Å²) in [7, 11) is 2.95. The fourth-order valence-electron chi connectivity index (χ4n) is 2.30. The summed E-state index contributed by atoms with van der Waals surface area (Å²) >= 11 is 5.70. The van der Waals surface area contributed by atoms with E-state index in [2.05, 4.69) is 5.32 Å². The molecule has 2 atom stereocenters. The maximum atomic E-state index is 13.7. The summed E-state index contributed by atoms with van der Waals surface area (Å²) in [5, 5.41) is 4.33. The Morgan fingerprint density at radius 2 is 2.27 bits per heavy atom. The van der Waals surface area contributed by atoms with Gasteiger partial charge in [0.25, 0.3) is 5.91 Å². The van der Waals surface area contributed by atoms with Crippen LogP contribution < -0.4 is 5.32 Å². The number of nitrogens with zero attached hydrogens (tertiary/aromatic N) is 1. The molecule has 1 saturated heterocycles. The number of halogens is 3. The zero-order valence-electron chi connectivity index (χ0n) is 12.3. The molecule has 0 spiro atoms. The molecule has 0 bridgehead atoms. The molecule has 124 valence electrons. The number of amides is 1. The van der Waals surface area contributed by atoms with E-state index in [1.54, 1.807) is 6.07 Å². The van der Waals surface area contributed by atoms with Crippen LogP contribution in [0.1, 0.15) is 11.7 Å². The minimum atomic E-state index is -0.545. The van der Waals surface area contributed by atoms with E-state index in [9.17, 15) is 9.18 Å². The molecule has 22 heavy (non-hydrogen) atoms. The van der Waals surface area contributed by atoms with Crippen LogP contribution in [0.2, 0.25) is 5.02 Å². The number of rotatable bonds is 3. The number of hydrogen-bond acceptors (Lipinski definition) is 4. The van der Waals surface area contributed by atoms with Gasteiger partial charge < -0.3 is 10.1 Å². The molecule has 1 aliphatic rings. The Bertz CT molecular complexity index is 519. The van der Waals surface area contributed by atoms with Crippen molar-refractivity contribution in [2.45, 2.75) is 6.10 Å². The van der Waals surface area contributed by atoms with E-state index >= 15 is 0 Å². The van der Waals surface area contributed by atoms with Gasteiger partial charge in [-0.05, 0) is 17.7 Å². The lowest BCUT2D eigenvalue weighted by Crippen LogP contribution is -2.39. The lowest BCUT2D eigenvalue weighted by Gasteiger charge is -2.27. The molecule has 1 aromatic carbocycles. The molecule has 0 radical (unpaired) electrons. The number of benzene rings is 1. The third kappa shape index (κ3) is 4.30. The molecule has 1 heterocycles. The Morgan fingerprint density at radius 3 is 2.91 bits per heavy atom. The van der Waals surface area contributed by atoms with E-state index < -0.39 is 17.8 Å². The highest BCUT2D eigenvalue weighted by Gasteiger charge is 2.34. The summed E-state index contributed by atoms with van der Waals surface area (Å²) in [6, 6.07) is 4.45. The Hall–Kier alpha value is -0.920. The van der Waals surface area contributed by atoms with Crippen LogP contribution in [0.15, 0.2) is 18.2 Å². The van der Waals surface area contributed by atoms with E-state index in [0.29, 0.717) is 25.3 Å². The number of ether oxygens (including phenoxy) is 1. The summed E-state index contributed by atoms with van der Waals surface area (Å²) < 4.78 is 19.4. The minimum Gasteiger partial charge on any atom is -0.371 e. The van der Waals surface area contributed by atoms with Crippen molar-refractivity contribution in [3.05, 3.63) is 34.6 Å². The molecule has 2 rings (SSSR count). The summed E-state index contributed by atoms with van der Waals surface area (Å²) in [5.74, 6) is -1.26. The molecule has 5 nitrogen and oxygen atoms in total. The van der Waals surface area contributed by atoms with Crippen LogP contribution >= 0.6 is 24.0 Å². The van der Waals surface area contributed by atoms with Crippen LogP contribution in [-0.4, -0.2) is 44.8 Å². The maximum absolute atomic E-state index is 13.7. The molecule has 0 aliphatic carbocycles. The average molecular weight is 353 g/mol. The monoisotopic (exact) mass is 352 g/mol. The molecular weight excluding hydrogens is 334 g/mol. The first kappa shape index (κ1) is 19.1. The second-order valence-electron chi connectivity index (χ2n) is 4.79. The smallest absolute Gasteiger partial charge is 0.253 e. The normalized spacial score (nSPS) is 21.6. The Balaban J connectivity index is 0.00000242. The largest absolute Gasteiger partial charge is 0.371 e. The van der Waals surface area contributed by atoms with Crippen molar-refractivity contribution in [1.82, 2.24) is 10.4 Å². The van der Waals surface area contributed by atoms with E-state index in [0.717, 1.165) is 5.06 Å². The average Bonchev–Trinajstić information content (AvgIpc) is 2.74. The van der Waals surface area contributed by atoms with E-state index in [1.807, 2.05) is 0 Å². The number of hydroxylamine groups is 2. The topological polar surface area (TPSA) is 50.8 Å². The van der Waals surface area contributed by atoms with Crippen LogP contribution in [0.25, 0.3) is 0 Å². The van der Waals surface area contributed by atoms with Crippen LogP contribution in [0.3, 0.4) is 0 Å². The molecule has 1 aromatic rings. The quantitative estimate of drug-likeness (QED) is 0.847. The van der Waals surface area contributed by atoms with Crippen molar-refractivity contribution < 1.29 is 18.8 Å². The second kappa shape index (κ2) is 8.64. The first-order chi connectivity index (χ1) is 10.0. The van der Waals surface area contributed by atoms with Crippen molar-refractivity contribution in [2.75, 3.05) is 33.9 Å². The highest BCUT2D eigenvalue weighted by Crippen LogP contribution is 2.30. The highest BCUT2D eigenvalue weighted by molar-refractivity contribution is 6.30. The van der Waals surface area contributed by atoms with Gasteiger partial charge >= 0.3 is 0 Å². The van der Waals surface area contributed by atoms with Gasteiger partial charge in [0.2, 0.25) is 0 Å². The molecule has 1 fully saturated rings. The standard InChI is InChI=1S/C14H18ClFN2O3.ClH/c1-18(20-2)14(19)10-8-17-5-6-21-13(10)9-3-4-11(15)12(16)7-9;/h3-4,7,10,13,17H,5-6,8H2,1-2H3;1H/t10-,13+;/m1./s1. The number of hydrogen-bond donors (Lipinski definition) is 1. The first-order valence-electron chi connectivity index (χ1n) is 6.63. The van der Waals surface area contributed by atoms with Gasteiger partial charge in [0.05, 0.1) is 30.8 Å². The SMILES string of the molecule is CON(C)C(=O)[C@@H]1CNCCO[C@H]1c1ccc(Cl)c(F)c1.Cl. The predicted molar refractivity (Wildman–Crippen MR) is 83.5 cm³/mol. The van der Waals surface area contributed by atoms with Crippen molar-refractivity contribution in [2.24, 2.45) is 5.92 Å². The molecule has 1 aliphatic heterocycles. The fourth-order valence-corrected chi connectivity index (χ4v) is 2.41. The molecule has 8 heteroatoms. The predicted octanol–water partition coefficient (Wildman–Crippen LogP) is 2.20. The van der Waals surface area contributed by atoms with Gasteiger partial charge in [0, 0.05) is 20.1 Å². The van der Waals surface area contributed by atoms with E-state index in [4.69, 9.17) is 21.2 Å². The zero-order valence-corrected chi connectivity index (χ0v) is 13.9. The maximum Gasteiger partial charge on any atom is 0.253 e. The van der Waals surface area contributed by atoms with Gasteiger partial charge in [0.15, 0.2) is 0 Å². The third-order valence-corrected chi connectivity index (χ3v) is 3.79. The van der Waals surface area contributed by atoms with Crippen molar-refractivity contribution in [3.8, 4) is 0 Å². The molecule has 0 unspecified atom stereocenters. The van der Waals surface area contributed by atoms with Gasteiger partial charge in [-0.3, -0.25) is 9.63 Å². The molecule has 0 aromatic heterocycles. The van der Waals surface area contributed by atoms with Gasteiger partial charge in [-0.2, -0.15) is 0 Å². The van der Waals surface area contributed by atoms with Crippen molar-refractivity contribution in [3.63, 3.8) is 0 Å². The summed E-state index contributed by atoms with van der Waals surface area (Å²) in [6.45, 7) is 1.50. The third-order valence-electron chi connectivity index (χ3n) is 3.48. The lowest BCUT2D eigenvalue weighted by atomic mass is 9.94. The number of nitrogens with one attached hydrogen (secondary N) is 1. The van der Waals surface area contributed by atoms with E-state index in [-0.39, 0.29) is 23.3 Å². The summed E-state index contributed by atoms with van der Waals surface area (Å²) in [6.07, 6.45) is -0.545. The molecule has 1 N–H and O–H groups in total. The molecular formula is C14H19Cl2FN2O3. The van der Waals surface area contributed by atoms with Gasteiger partial charge in [-0.1, -0.05) is 17.7 Å². The van der Waals surface area contributed by atoms with Crippen LogP contribution in [0.5, 0.6) is 0 Å². The van der Waals surface area contributed by atoms with Gasteiger partial charge in [0.1, 0.15) is 5.82 Å². The Morgan fingerprint density at radius 1 is 1.55 bits per heavy atom.